The van der Waals surface area contributed by atoms with Crippen molar-refractivity contribution in [2.75, 3.05) is 19.6 Å². The van der Waals surface area contributed by atoms with Crippen molar-refractivity contribution in [3.63, 3.8) is 0 Å². The Balaban J connectivity index is 1.68. The van der Waals surface area contributed by atoms with Crippen LogP contribution in [-0.4, -0.2) is 29.5 Å². The summed E-state index contributed by atoms with van der Waals surface area (Å²) >= 11 is 1.70. The highest BCUT2D eigenvalue weighted by molar-refractivity contribution is 7.13. The Hall–Kier alpha value is -1.23. The lowest BCUT2D eigenvalue weighted by Crippen LogP contribution is -2.18. The van der Waals surface area contributed by atoms with E-state index in [1.165, 1.54) is 37.1 Å². The SMILES string of the molecule is NCCc1csc(-c2ccc(CN3CCCC3)cc2)n1. The Morgan fingerprint density at radius 3 is 2.60 bits per heavy atom. The molecule has 2 aromatic rings. The number of aromatic nitrogens is 1. The number of benzene rings is 1. The molecule has 0 unspecified atom stereocenters. The Morgan fingerprint density at radius 2 is 1.90 bits per heavy atom. The van der Waals surface area contributed by atoms with Crippen LogP contribution in [0.25, 0.3) is 10.6 Å². The zero-order chi connectivity index (χ0) is 13.8. The van der Waals surface area contributed by atoms with Gasteiger partial charge >= 0.3 is 0 Å². The van der Waals surface area contributed by atoms with Crippen LogP contribution in [0.1, 0.15) is 24.1 Å². The van der Waals surface area contributed by atoms with Crippen LogP contribution in [0.3, 0.4) is 0 Å². The molecule has 1 aliphatic heterocycles. The molecule has 2 N–H and O–H groups in total. The molecule has 1 fully saturated rings. The highest BCUT2D eigenvalue weighted by Gasteiger charge is 2.11. The molecule has 2 heterocycles. The van der Waals surface area contributed by atoms with E-state index in [4.69, 9.17) is 5.73 Å². The zero-order valence-corrected chi connectivity index (χ0v) is 12.5. The number of nitrogens with two attached hydrogens (primary N) is 1. The maximum atomic E-state index is 5.57. The first-order valence-corrected chi connectivity index (χ1v) is 8.19. The number of likely N-dealkylation sites (tertiary alicyclic amines) is 1. The number of hydrogen-bond acceptors (Lipinski definition) is 4. The third kappa shape index (κ3) is 3.26. The second kappa shape index (κ2) is 6.48. The van der Waals surface area contributed by atoms with Crippen LogP contribution in [0, 0.1) is 0 Å². The first kappa shape index (κ1) is 13.7. The first-order valence-electron chi connectivity index (χ1n) is 7.31. The van der Waals surface area contributed by atoms with Crippen LogP contribution in [0.5, 0.6) is 0 Å². The van der Waals surface area contributed by atoms with Gasteiger partial charge in [-0.3, -0.25) is 4.90 Å². The molecule has 1 aromatic heterocycles. The van der Waals surface area contributed by atoms with E-state index in [0.717, 1.165) is 23.7 Å². The van der Waals surface area contributed by atoms with Gasteiger partial charge in [0, 0.05) is 23.9 Å². The van der Waals surface area contributed by atoms with Crippen LogP contribution in [0.2, 0.25) is 0 Å². The molecule has 106 valence electrons. The lowest BCUT2D eigenvalue weighted by molar-refractivity contribution is 0.331. The maximum absolute atomic E-state index is 5.57. The molecular formula is C16H21N3S. The highest BCUT2D eigenvalue weighted by atomic mass is 32.1. The average molecular weight is 287 g/mol. The van der Waals surface area contributed by atoms with E-state index < -0.39 is 0 Å². The van der Waals surface area contributed by atoms with E-state index in [1.54, 1.807) is 11.3 Å². The van der Waals surface area contributed by atoms with Crippen molar-refractivity contribution in [1.82, 2.24) is 9.88 Å². The Labute approximate surface area is 124 Å². The summed E-state index contributed by atoms with van der Waals surface area (Å²) in [6.07, 6.45) is 3.56. The molecule has 0 saturated carbocycles. The summed E-state index contributed by atoms with van der Waals surface area (Å²) in [4.78, 5) is 7.16. The fourth-order valence-electron chi connectivity index (χ4n) is 2.65. The van der Waals surface area contributed by atoms with Crippen molar-refractivity contribution >= 4 is 11.3 Å². The van der Waals surface area contributed by atoms with E-state index in [-0.39, 0.29) is 0 Å². The second-order valence-corrected chi connectivity index (χ2v) is 6.22. The van der Waals surface area contributed by atoms with Gasteiger partial charge in [0.05, 0.1) is 5.69 Å². The fourth-order valence-corrected chi connectivity index (χ4v) is 3.51. The van der Waals surface area contributed by atoms with Crippen molar-refractivity contribution in [2.45, 2.75) is 25.8 Å². The topological polar surface area (TPSA) is 42.1 Å². The van der Waals surface area contributed by atoms with Crippen LogP contribution in [0.4, 0.5) is 0 Å². The molecule has 3 rings (SSSR count). The summed E-state index contributed by atoms with van der Waals surface area (Å²) in [5.74, 6) is 0. The molecule has 1 saturated heterocycles. The minimum atomic E-state index is 0.665. The van der Waals surface area contributed by atoms with Gasteiger partial charge in [0.1, 0.15) is 5.01 Å². The predicted octanol–water partition coefficient (Wildman–Crippen LogP) is 2.91. The molecule has 0 atom stereocenters. The van der Waals surface area contributed by atoms with Gasteiger partial charge in [-0.2, -0.15) is 0 Å². The van der Waals surface area contributed by atoms with E-state index >= 15 is 0 Å². The summed E-state index contributed by atoms with van der Waals surface area (Å²) in [5.41, 5.74) is 9.28. The molecule has 1 aromatic carbocycles. The molecule has 4 heteroatoms. The Bertz CT molecular complexity index is 541. The van der Waals surface area contributed by atoms with Gasteiger partial charge in [0.2, 0.25) is 0 Å². The highest BCUT2D eigenvalue weighted by Crippen LogP contribution is 2.24. The molecule has 20 heavy (non-hydrogen) atoms. The molecule has 1 aliphatic rings. The molecule has 0 radical (unpaired) electrons. The molecule has 3 nitrogen and oxygen atoms in total. The molecule has 0 spiro atoms. The maximum Gasteiger partial charge on any atom is 0.123 e. The standard InChI is InChI=1S/C16H21N3S/c17-8-7-15-12-20-16(18-15)14-5-3-13(4-6-14)11-19-9-1-2-10-19/h3-6,12H,1-2,7-11,17H2. The molecule has 0 aliphatic carbocycles. The summed E-state index contributed by atoms with van der Waals surface area (Å²) in [7, 11) is 0. The van der Waals surface area contributed by atoms with E-state index in [9.17, 15) is 0 Å². The smallest absolute Gasteiger partial charge is 0.123 e. The Morgan fingerprint density at radius 1 is 1.15 bits per heavy atom. The first-order chi connectivity index (χ1) is 9.85. The molecule has 0 amide bonds. The zero-order valence-electron chi connectivity index (χ0n) is 11.7. The minimum Gasteiger partial charge on any atom is -0.330 e. The van der Waals surface area contributed by atoms with Crippen LogP contribution in [-0.2, 0) is 13.0 Å². The van der Waals surface area contributed by atoms with Crippen molar-refractivity contribution in [1.29, 1.82) is 0 Å². The normalized spacial score (nSPS) is 15.8. The number of rotatable bonds is 5. The molecule has 0 bridgehead atoms. The summed E-state index contributed by atoms with van der Waals surface area (Å²) in [5, 5.41) is 3.21. The van der Waals surface area contributed by atoms with Gasteiger partial charge in [0.15, 0.2) is 0 Å². The van der Waals surface area contributed by atoms with Gasteiger partial charge in [0.25, 0.3) is 0 Å². The van der Waals surface area contributed by atoms with Crippen molar-refractivity contribution in [2.24, 2.45) is 5.73 Å². The minimum absolute atomic E-state index is 0.665. The predicted molar refractivity (Wildman–Crippen MR) is 84.8 cm³/mol. The number of hydrogen-bond donors (Lipinski definition) is 1. The third-order valence-electron chi connectivity index (χ3n) is 3.76. The quantitative estimate of drug-likeness (QED) is 0.919. The molecular weight excluding hydrogens is 266 g/mol. The lowest BCUT2D eigenvalue weighted by atomic mass is 10.1. The van der Waals surface area contributed by atoms with Crippen LogP contribution in [0.15, 0.2) is 29.6 Å². The number of thiazole rings is 1. The van der Waals surface area contributed by atoms with Gasteiger partial charge in [-0.1, -0.05) is 24.3 Å². The van der Waals surface area contributed by atoms with Gasteiger partial charge in [-0.25, -0.2) is 4.98 Å². The monoisotopic (exact) mass is 287 g/mol. The van der Waals surface area contributed by atoms with Crippen molar-refractivity contribution < 1.29 is 0 Å². The van der Waals surface area contributed by atoms with E-state index in [0.29, 0.717) is 6.54 Å². The summed E-state index contributed by atoms with van der Waals surface area (Å²) in [6, 6.07) is 8.85. The number of nitrogens with zero attached hydrogens (tertiary/aromatic N) is 2. The summed E-state index contributed by atoms with van der Waals surface area (Å²) < 4.78 is 0. The van der Waals surface area contributed by atoms with E-state index in [1.807, 2.05) is 0 Å². The average Bonchev–Trinajstić information content (AvgIpc) is 3.12. The van der Waals surface area contributed by atoms with Gasteiger partial charge in [-0.05, 0) is 38.0 Å². The van der Waals surface area contributed by atoms with Crippen molar-refractivity contribution in [3.8, 4) is 10.6 Å². The fraction of sp³-hybridized carbons (Fsp3) is 0.438. The van der Waals surface area contributed by atoms with Crippen LogP contribution < -0.4 is 5.73 Å². The van der Waals surface area contributed by atoms with Gasteiger partial charge in [-0.15, -0.1) is 11.3 Å². The summed E-state index contributed by atoms with van der Waals surface area (Å²) in [6.45, 7) is 4.24. The van der Waals surface area contributed by atoms with Crippen molar-refractivity contribution in [3.05, 3.63) is 40.9 Å². The van der Waals surface area contributed by atoms with Gasteiger partial charge < -0.3 is 5.73 Å². The lowest BCUT2D eigenvalue weighted by Gasteiger charge is -2.14. The largest absolute Gasteiger partial charge is 0.330 e. The Kier molecular flexibility index (Phi) is 4.45. The third-order valence-corrected chi connectivity index (χ3v) is 4.70. The van der Waals surface area contributed by atoms with Crippen LogP contribution >= 0.6 is 11.3 Å². The van der Waals surface area contributed by atoms with E-state index in [2.05, 4.69) is 39.5 Å². The second-order valence-electron chi connectivity index (χ2n) is 5.36.